The Hall–Kier alpha value is -2.92. The minimum atomic E-state index is -1.26. The van der Waals surface area contributed by atoms with Crippen LogP contribution in [0.1, 0.15) is 21.5 Å². The average Bonchev–Trinajstić information content (AvgIpc) is 2.63. The van der Waals surface area contributed by atoms with Gasteiger partial charge in [-0.1, -0.05) is 36.4 Å². The first-order chi connectivity index (χ1) is 12.1. The molecular formula is C20H19NO4. The van der Waals surface area contributed by atoms with Gasteiger partial charge in [-0.2, -0.15) is 0 Å². The molecule has 5 heteroatoms. The van der Waals surface area contributed by atoms with Gasteiger partial charge in [0.25, 0.3) is 0 Å². The smallest absolute Gasteiger partial charge is 0.341 e. The highest BCUT2D eigenvalue weighted by molar-refractivity contribution is 5.92. The van der Waals surface area contributed by atoms with Gasteiger partial charge in [0.2, 0.25) is 5.43 Å². The Balaban J connectivity index is 2.02. The number of carbonyl (C=O) groups is 1. The van der Waals surface area contributed by atoms with Crippen molar-refractivity contribution in [2.24, 2.45) is 0 Å². The summed E-state index contributed by atoms with van der Waals surface area (Å²) in [5, 5.41) is 18.8. The predicted octanol–water partition coefficient (Wildman–Crippen LogP) is 2.48. The van der Waals surface area contributed by atoms with Crippen LogP contribution in [-0.2, 0) is 19.4 Å². The van der Waals surface area contributed by atoms with Crippen molar-refractivity contribution in [3.05, 3.63) is 81.6 Å². The van der Waals surface area contributed by atoms with Gasteiger partial charge in [-0.25, -0.2) is 4.79 Å². The van der Waals surface area contributed by atoms with Gasteiger partial charge >= 0.3 is 5.97 Å². The van der Waals surface area contributed by atoms with Crippen molar-refractivity contribution in [1.82, 2.24) is 4.57 Å². The van der Waals surface area contributed by atoms with Crippen LogP contribution in [-0.4, -0.2) is 27.4 Å². The molecule has 25 heavy (non-hydrogen) atoms. The van der Waals surface area contributed by atoms with E-state index in [1.54, 1.807) is 10.6 Å². The van der Waals surface area contributed by atoms with Gasteiger partial charge < -0.3 is 14.8 Å². The Morgan fingerprint density at radius 1 is 1.00 bits per heavy atom. The highest BCUT2D eigenvalue weighted by Crippen LogP contribution is 2.16. The van der Waals surface area contributed by atoms with E-state index < -0.39 is 11.4 Å². The number of aryl methyl sites for hydroxylation is 2. The molecule has 1 aromatic heterocycles. The first kappa shape index (κ1) is 16.9. The van der Waals surface area contributed by atoms with E-state index in [2.05, 4.69) is 12.1 Å². The molecule has 0 aliphatic rings. The number of carboxylic acid groups (broad SMARTS) is 1. The Labute approximate surface area is 144 Å². The van der Waals surface area contributed by atoms with Crippen molar-refractivity contribution < 1.29 is 15.0 Å². The van der Waals surface area contributed by atoms with E-state index in [1.807, 2.05) is 30.3 Å². The third-order valence-electron chi connectivity index (χ3n) is 4.26. The van der Waals surface area contributed by atoms with Crippen molar-refractivity contribution in [3.63, 3.8) is 0 Å². The van der Waals surface area contributed by atoms with Crippen LogP contribution < -0.4 is 5.43 Å². The number of aliphatic hydroxyl groups is 1. The molecule has 5 nitrogen and oxygen atoms in total. The standard InChI is InChI=1S/C20H19NO4/c22-11-10-21-13-17(20(24)25)19(23)16-12-15(8-9-18(16)21)7-6-14-4-2-1-3-5-14/h1-5,8-9,12-13,22H,6-7,10-11H2,(H,24,25). The van der Waals surface area contributed by atoms with E-state index >= 15 is 0 Å². The molecule has 0 amide bonds. The quantitative estimate of drug-likeness (QED) is 0.724. The average molecular weight is 337 g/mol. The molecule has 0 aliphatic carbocycles. The van der Waals surface area contributed by atoms with Gasteiger partial charge in [0.05, 0.1) is 12.1 Å². The zero-order valence-corrected chi connectivity index (χ0v) is 13.7. The van der Waals surface area contributed by atoms with Gasteiger partial charge in [0.15, 0.2) is 0 Å². The molecule has 3 aromatic rings. The van der Waals surface area contributed by atoms with Crippen molar-refractivity contribution >= 4 is 16.9 Å². The van der Waals surface area contributed by atoms with Crippen LogP contribution in [0, 0.1) is 0 Å². The summed E-state index contributed by atoms with van der Waals surface area (Å²) in [6.07, 6.45) is 2.90. The first-order valence-electron chi connectivity index (χ1n) is 8.14. The monoisotopic (exact) mass is 337 g/mol. The van der Waals surface area contributed by atoms with Crippen LogP contribution in [0.5, 0.6) is 0 Å². The van der Waals surface area contributed by atoms with Crippen molar-refractivity contribution in [1.29, 1.82) is 0 Å². The fourth-order valence-corrected chi connectivity index (χ4v) is 2.98. The minimum absolute atomic E-state index is 0.132. The maximum absolute atomic E-state index is 12.5. The van der Waals surface area contributed by atoms with Crippen LogP contribution in [0.4, 0.5) is 0 Å². The zero-order valence-electron chi connectivity index (χ0n) is 13.7. The lowest BCUT2D eigenvalue weighted by Crippen LogP contribution is -2.19. The molecule has 128 valence electrons. The number of aromatic carboxylic acids is 1. The molecule has 0 radical (unpaired) electrons. The van der Waals surface area contributed by atoms with Crippen LogP contribution in [0.2, 0.25) is 0 Å². The first-order valence-corrected chi connectivity index (χ1v) is 8.14. The fourth-order valence-electron chi connectivity index (χ4n) is 2.98. The highest BCUT2D eigenvalue weighted by atomic mass is 16.4. The summed E-state index contributed by atoms with van der Waals surface area (Å²) >= 11 is 0. The Morgan fingerprint density at radius 2 is 1.72 bits per heavy atom. The number of pyridine rings is 1. The van der Waals surface area contributed by atoms with Crippen LogP contribution in [0.25, 0.3) is 10.9 Å². The van der Waals surface area contributed by atoms with E-state index in [4.69, 9.17) is 0 Å². The third kappa shape index (κ3) is 3.61. The summed E-state index contributed by atoms with van der Waals surface area (Å²) in [4.78, 5) is 23.8. The summed E-state index contributed by atoms with van der Waals surface area (Å²) < 4.78 is 1.61. The van der Waals surface area contributed by atoms with E-state index in [0.717, 1.165) is 18.4 Å². The summed E-state index contributed by atoms with van der Waals surface area (Å²) in [5.41, 5.74) is 2.05. The van der Waals surface area contributed by atoms with E-state index in [1.165, 1.54) is 11.8 Å². The number of hydrogen-bond acceptors (Lipinski definition) is 3. The molecule has 0 unspecified atom stereocenters. The molecule has 0 saturated heterocycles. The molecule has 2 aromatic carbocycles. The fraction of sp³-hybridized carbons (Fsp3) is 0.200. The predicted molar refractivity (Wildman–Crippen MR) is 96.1 cm³/mol. The van der Waals surface area contributed by atoms with E-state index in [-0.39, 0.29) is 18.7 Å². The van der Waals surface area contributed by atoms with Crippen molar-refractivity contribution in [3.8, 4) is 0 Å². The largest absolute Gasteiger partial charge is 0.477 e. The highest BCUT2D eigenvalue weighted by Gasteiger charge is 2.14. The molecule has 2 N–H and O–H groups in total. The summed E-state index contributed by atoms with van der Waals surface area (Å²) in [6.45, 7) is 0.104. The molecule has 0 aliphatic heterocycles. The number of fused-ring (bicyclic) bond motifs is 1. The summed E-state index contributed by atoms with van der Waals surface area (Å²) in [7, 11) is 0. The number of carboxylic acids is 1. The number of benzene rings is 2. The molecular weight excluding hydrogens is 318 g/mol. The van der Waals surface area contributed by atoms with E-state index in [0.29, 0.717) is 10.9 Å². The SMILES string of the molecule is O=C(O)c1cn(CCO)c2ccc(CCc3ccccc3)cc2c1=O. The van der Waals surface area contributed by atoms with Gasteiger partial charge in [0.1, 0.15) is 5.56 Å². The lowest BCUT2D eigenvalue weighted by atomic mass is 10.0. The van der Waals surface area contributed by atoms with Gasteiger partial charge in [-0.15, -0.1) is 0 Å². The molecule has 3 rings (SSSR count). The van der Waals surface area contributed by atoms with Crippen molar-refractivity contribution in [2.45, 2.75) is 19.4 Å². The maximum atomic E-state index is 12.5. The van der Waals surface area contributed by atoms with E-state index in [9.17, 15) is 19.8 Å². The van der Waals surface area contributed by atoms with Gasteiger partial charge in [-0.05, 0) is 36.1 Å². The molecule has 0 fully saturated rings. The third-order valence-corrected chi connectivity index (χ3v) is 4.26. The second-order valence-corrected chi connectivity index (χ2v) is 5.93. The number of aliphatic hydroxyl groups excluding tert-OH is 1. The topological polar surface area (TPSA) is 79.5 Å². The minimum Gasteiger partial charge on any atom is -0.477 e. The Kier molecular flexibility index (Phi) is 4.95. The number of rotatable bonds is 6. The molecule has 1 heterocycles. The lowest BCUT2D eigenvalue weighted by molar-refractivity contribution is 0.0694. The second-order valence-electron chi connectivity index (χ2n) is 5.93. The molecule has 0 spiro atoms. The van der Waals surface area contributed by atoms with Crippen LogP contribution >= 0.6 is 0 Å². The molecule has 0 atom stereocenters. The summed E-state index contributed by atoms with van der Waals surface area (Å²) in [5.74, 6) is -1.26. The lowest BCUT2D eigenvalue weighted by Gasteiger charge is -2.12. The van der Waals surface area contributed by atoms with Crippen LogP contribution in [0.15, 0.2) is 59.5 Å². The second kappa shape index (κ2) is 7.32. The summed E-state index contributed by atoms with van der Waals surface area (Å²) in [6, 6.07) is 15.6. The Morgan fingerprint density at radius 3 is 2.40 bits per heavy atom. The normalized spacial score (nSPS) is 10.9. The number of hydrogen-bond donors (Lipinski definition) is 2. The van der Waals surface area contributed by atoms with Gasteiger partial charge in [0, 0.05) is 18.1 Å². The van der Waals surface area contributed by atoms with Gasteiger partial charge in [-0.3, -0.25) is 4.79 Å². The zero-order chi connectivity index (χ0) is 17.8. The molecule has 0 bridgehead atoms. The molecule has 0 saturated carbocycles. The Bertz CT molecular complexity index is 961. The number of nitrogens with zero attached hydrogens (tertiary/aromatic N) is 1. The van der Waals surface area contributed by atoms with Crippen LogP contribution in [0.3, 0.4) is 0 Å². The van der Waals surface area contributed by atoms with Crippen molar-refractivity contribution in [2.75, 3.05) is 6.61 Å². The maximum Gasteiger partial charge on any atom is 0.341 e. The number of aromatic nitrogens is 1.